The first kappa shape index (κ1) is 16.9. The summed E-state index contributed by atoms with van der Waals surface area (Å²) < 4.78 is 9.67. The summed E-state index contributed by atoms with van der Waals surface area (Å²) in [4.78, 5) is 38.3. The van der Waals surface area contributed by atoms with Gasteiger partial charge in [0, 0.05) is 0 Å². The number of carbonyl (C=O) groups excluding carboxylic acids is 3. The van der Waals surface area contributed by atoms with Crippen LogP contribution in [-0.2, 0) is 19.1 Å². The molecule has 1 fully saturated rings. The summed E-state index contributed by atoms with van der Waals surface area (Å²) in [5, 5.41) is 0. The quantitative estimate of drug-likeness (QED) is 0.696. The van der Waals surface area contributed by atoms with Crippen molar-refractivity contribution in [1.29, 1.82) is 0 Å². The van der Waals surface area contributed by atoms with Crippen molar-refractivity contribution in [2.75, 3.05) is 26.5 Å². The van der Waals surface area contributed by atoms with Crippen LogP contribution < -0.4 is 0 Å². The van der Waals surface area contributed by atoms with Crippen molar-refractivity contribution in [3.63, 3.8) is 0 Å². The molecule has 1 aliphatic carbocycles. The number of hydrogen-bond donors (Lipinski definition) is 0. The Kier molecular flexibility index (Phi) is 5.50. The van der Waals surface area contributed by atoms with Gasteiger partial charge in [0.1, 0.15) is 6.61 Å². The highest BCUT2D eigenvalue weighted by Gasteiger charge is 2.51. The van der Waals surface area contributed by atoms with Crippen LogP contribution in [0.25, 0.3) is 0 Å². The van der Waals surface area contributed by atoms with Gasteiger partial charge in [-0.25, -0.2) is 9.69 Å². The summed E-state index contributed by atoms with van der Waals surface area (Å²) in [7, 11) is 1.32. The zero-order valence-electron chi connectivity index (χ0n) is 13.1. The molecule has 0 spiro atoms. The molecule has 0 unspecified atom stereocenters. The molecule has 7 heteroatoms. The third kappa shape index (κ3) is 2.86. The Balaban J connectivity index is 2.27. The van der Waals surface area contributed by atoms with Gasteiger partial charge in [0.15, 0.2) is 0 Å². The van der Waals surface area contributed by atoms with Crippen LogP contribution in [0.3, 0.4) is 0 Å². The van der Waals surface area contributed by atoms with E-state index in [-0.39, 0.29) is 19.1 Å². The Morgan fingerprint density at radius 2 is 2.14 bits per heavy atom. The average Bonchev–Trinajstić information content (AvgIpc) is 2.92. The summed E-state index contributed by atoms with van der Waals surface area (Å²) in [5.41, 5.74) is 0.979. The average molecular weight is 327 g/mol. The van der Waals surface area contributed by atoms with Crippen LogP contribution in [0.15, 0.2) is 10.5 Å². The molecule has 1 aliphatic heterocycles. The maximum Gasteiger partial charge on any atom is 0.416 e. The molecule has 2 amide bonds. The van der Waals surface area contributed by atoms with Crippen LogP contribution in [0, 0.1) is 11.8 Å². The maximum atomic E-state index is 12.6. The monoisotopic (exact) mass is 327 g/mol. The number of thioether (sulfide) groups is 1. The van der Waals surface area contributed by atoms with Gasteiger partial charge >= 0.3 is 12.1 Å². The zero-order chi connectivity index (χ0) is 16.3. The van der Waals surface area contributed by atoms with E-state index in [4.69, 9.17) is 9.47 Å². The Morgan fingerprint density at radius 1 is 1.41 bits per heavy atom. The lowest BCUT2D eigenvalue weighted by Gasteiger charge is -2.39. The highest BCUT2D eigenvalue weighted by Crippen LogP contribution is 2.49. The number of methoxy groups -OCH3 is 1. The first-order valence-electron chi connectivity index (χ1n) is 7.39. The molecule has 0 N–H and O–H groups in total. The minimum atomic E-state index is -0.629. The molecule has 22 heavy (non-hydrogen) atoms. The first-order valence-corrected chi connectivity index (χ1v) is 8.62. The molecule has 2 aliphatic rings. The number of carbonyl (C=O) groups is 3. The summed E-state index contributed by atoms with van der Waals surface area (Å²) in [6.07, 6.45) is 4.00. The second-order valence-electron chi connectivity index (χ2n) is 5.28. The van der Waals surface area contributed by atoms with Gasteiger partial charge in [-0.3, -0.25) is 9.59 Å². The minimum absolute atomic E-state index is 0.210. The van der Waals surface area contributed by atoms with E-state index in [1.54, 1.807) is 0 Å². The molecular weight excluding hydrogens is 306 g/mol. The maximum absolute atomic E-state index is 12.6. The third-order valence-corrected chi connectivity index (χ3v) is 5.03. The van der Waals surface area contributed by atoms with Crippen molar-refractivity contribution < 1.29 is 23.9 Å². The fourth-order valence-corrected chi connectivity index (χ4v) is 3.92. The van der Waals surface area contributed by atoms with Crippen molar-refractivity contribution in [1.82, 2.24) is 4.90 Å². The molecule has 0 aromatic carbocycles. The van der Waals surface area contributed by atoms with E-state index in [0.29, 0.717) is 0 Å². The van der Waals surface area contributed by atoms with Crippen LogP contribution in [-0.4, -0.2) is 49.4 Å². The molecule has 0 bridgehead atoms. The fraction of sp³-hybridized carbons (Fsp3) is 0.667. The number of ether oxygens (including phenoxy) is 2. The normalized spacial score (nSPS) is 24.1. The molecule has 2 rings (SSSR count). The lowest BCUT2D eigenvalue weighted by atomic mass is 9.71. The van der Waals surface area contributed by atoms with E-state index in [1.165, 1.54) is 18.9 Å². The van der Waals surface area contributed by atoms with Gasteiger partial charge in [0.25, 0.3) is 0 Å². The van der Waals surface area contributed by atoms with E-state index in [9.17, 15) is 14.4 Å². The second kappa shape index (κ2) is 7.17. The van der Waals surface area contributed by atoms with Gasteiger partial charge in [-0.15, -0.1) is 11.8 Å². The minimum Gasteiger partial charge on any atom is -0.469 e. The lowest BCUT2D eigenvalue weighted by Crippen LogP contribution is -2.48. The SMILES string of the molecule is CCCCC1=C(SC)[C@@H](C(=O)N2CCOC2=O)[C@@H]1C(=O)OC. The third-order valence-electron chi connectivity index (χ3n) is 4.08. The van der Waals surface area contributed by atoms with Gasteiger partial charge in [-0.2, -0.15) is 0 Å². The number of unbranched alkanes of at least 4 members (excludes halogenated alkanes) is 1. The molecule has 0 aromatic rings. The Hall–Kier alpha value is -1.50. The van der Waals surface area contributed by atoms with Crippen LogP contribution in [0.4, 0.5) is 4.79 Å². The number of esters is 1. The zero-order valence-corrected chi connectivity index (χ0v) is 13.9. The molecule has 2 atom stereocenters. The summed E-state index contributed by atoms with van der Waals surface area (Å²) >= 11 is 1.47. The van der Waals surface area contributed by atoms with E-state index in [0.717, 1.165) is 34.6 Å². The smallest absolute Gasteiger partial charge is 0.416 e. The largest absolute Gasteiger partial charge is 0.469 e. The number of hydrogen-bond acceptors (Lipinski definition) is 6. The van der Waals surface area contributed by atoms with Gasteiger partial charge in [-0.05, 0) is 29.6 Å². The predicted molar refractivity (Wildman–Crippen MR) is 82.1 cm³/mol. The van der Waals surface area contributed by atoms with Gasteiger partial charge in [0.2, 0.25) is 5.91 Å². The van der Waals surface area contributed by atoms with E-state index < -0.39 is 23.9 Å². The summed E-state index contributed by atoms with van der Waals surface area (Å²) in [6.45, 7) is 2.53. The van der Waals surface area contributed by atoms with Gasteiger partial charge in [-0.1, -0.05) is 13.3 Å². The van der Waals surface area contributed by atoms with Crippen LogP contribution in [0.2, 0.25) is 0 Å². The van der Waals surface area contributed by atoms with E-state index >= 15 is 0 Å². The summed E-state index contributed by atoms with van der Waals surface area (Å²) in [6, 6.07) is 0. The Labute approximate surface area is 134 Å². The standard InChI is InChI=1S/C15H21NO5S/c1-4-5-6-9-10(14(18)20-2)11(12(9)22-3)13(17)16-7-8-21-15(16)19/h10-11H,4-8H2,1-3H3/t10-,11+/m1/s1. The lowest BCUT2D eigenvalue weighted by molar-refractivity contribution is -0.150. The predicted octanol–water partition coefficient (Wildman–Crippen LogP) is 2.19. The number of imide groups is 1. The molecule has 1 heterocycles. The number of cyclic esters (lactones) is 1. The highest BCUT2D eigenvalue weighted by molar-refractivity contribution is 8.02. The molecule has 122 valence electrons. The van der Waals surface area contributed by atoms with Crippen LogP contribution >= 0.6 is 11.8 Å². The molecule has 6 nitrogen and oxygen atoms in total. The molecule has 0 saturated carbocycles. The van der Waals surface area contributed by atoms with Gasteiger partial charge in [0.05, 0.1) is 25.5 Å². The second-order valence-corrected chi connectivity index (χ2v) is 6.13. The molecular formula is C15H21NO5S. The fourth-order valence-electron chi connectivity index (χ4n) is 2.93. The Bertz CT molecular complexity index is 516. The van der Waals surface area contributed by atoms with E-state index in [1.807, 2.05) is 6.26 Å². The Morgan fingerprint density at radius 3 is 2.64 bits per heavy atom. The van der Waals surface area contributed by atoms with Crippen molar-refractivity contribution in [3.05, 3.63) is 10.5 Å². The topological polar surface area (TPSA) is 72.9 Å². The van der Waals surface area contributed by atoms with Crippen molar-refractivity contribution in [2.45, 2.75) is 26.2 Å². The van der Waals surface area contributed by atoms with Gasteiger partial charge < -0.3 is 9.47 Å². The number of rotatable bonds is 6. The highest BCUT2D eigenvalue weighted by atomic mass is 32.2. The van der Waals surface area contributed by atoms with E-state index in [2.05, 4.69) is 6.92 Å². The molecule has 1 saturated heterocycles. The van der Waals surface area contributed by atoms with Crippen molar-refractivity contribution in [3.8, 4) is 0 Å². The number of nitrogens with zero attached hydrogens (tertiary/aromatic N) is 1. The summed E-state index contributed by atoms with van der Waals surface area (Å²) in [5.74, 6) is -1.95. The van der Waals surface area contributed by atoms with Crippen molar-refractivity contribution in [2.24, 2.45) is 11.8 Å². The van der Waals surface area contributed by atoms with Crippen molar-refractivity contribution >= 4 is 29.7 Å². The molecule has 0 aromatic heterocycles. The van der Waals surface area contributed by atoms with Crippen LogP contribution in [0.1, 0.15) is 26.2 Å². The number of amides is 2. The first-order chi connectivity index (χ1) is 10.6. The van der Waals surface area contributed by atoms with Crippen LogP contribution in [0.5, 0.6) is 0 Å². The molecule has 0 radical (unpaired) electrons.